The van der Waals surface area contributed by atoms with Crippen molar-refractivity contribution in [3.63, 3.8) is 0 Å². The number of thiophene rings is 1. The van der Waals surface area contributed by atoms with Crippen molar-refractivity contribution in [1.29, 1.82) is 0 Å². The van der Waals surface area contributed by atoms with Gasteiger partial charge in [-0.2, -0.15) is 0 Å². The minimum atomic E-state index is -0.447. The van der Waals surface area contributed by atoms with Crippen LogP contribution in [0.2, 0.25) is 0 Å². The zero-order valence-corrected chi connectivity index (χ0v) is 18.3. The summed E-state index contributed by atoms with van der Waals surface area (Å²) in [6.07, 6.45) is 3.80. The fourth-order valence-corrected chi connectivity index (χ4v) is 6.10. The van der Waals surface area contributed by atoms with Gasteiger partial charge in [0.15, 0.2) is 5.16 Å². The number of amides is 1. The van der Waals surface area contributed by atoms with Crippen LogP contribution < -0.4 is 11.3 Å². The van der Waals surface area contributed by atoms with Gasteiger partial charge in [-0.15, -0.1) is 11.3 Å². The quantitative estimate of drug-likeness (QED) is 0.480. The van der Waals surface area contributed by atoms with E-state index >= 15 is 0 Å². The Bertz CT molecular complexity index is 1100. The molecule has 1 aromatic carbocycles. The fourth-order valence-electron chi connectivity index (χ4n) is 3.79. The molecule has 1 aliphatic carbocycles. The van der Waals surface area contributed by atoms with Gasteiger partial charge in [-0.25, -0.2) is 4.98 Å². The molecule has 0 spiro atoms. The van der Waals surface area contributed by atoms with Crippen molar-refractivity contribution in [1.82, 2.24) is 9.55 Å². The number of benzene rings is 1. The number of carbonyl (C=O) groups is 1. The van der Waals surface area contributed by atoms with Crippen LogP contribution in [0, 0.1) is 5.92 Å². The molecule has 0 saturated carbocycles. The van der Waals surface area contributed by atoms with Gasteiger partial charge in [0.2, 0.25) is 5.91 Å². The summed E-state index contributed by atoms with van der Waals surface area (Å²) in [6, 6.07) is 10.1. The molecule has 2 aromatic heterocycles. The second-order valence-corrected chi connectivity index (χ2v) is 10.2. The molecule has 5 nitrogen and oxygen atoms in total. The van der Waals surface area contributed by atoms with Crippen molar-refractivity contribution in [2.24, 2.45) is 11.7 Å². The van der Waals surface area contributed by atoms with Crippen molar-refractivity contribution in [2.75, 3.05) is 0 Å². The number of aromatic nitrogens is 2. The summed E-state index contributed by atoms with van der Waals surface area (Å²) >= 11 is 2.91. The highest BCUT2D eigenvalue weighted by molar-refractivity contribution is 8.00. The normalized spacial score (nSPS) is 17.2. The van der Waals surface area contributed by atoms with E-state index < -0.39 is 11.2 Å². The van der Waals surface area contributed by atoms with Crippen LogP contribution >= 0.6 is 23.1 Å². The van der Waals surface area contributed by atoms with E-state index in [2.05, 4.69) is 19.1 Å². The van der Waals surface area contributed by atoms with Gasteiger partial charge in [0.1, 0.15) is 4.83 Å². The lowest BCUT2D eigenvalue weighted by molar-refractivity contribution is -0.117. The first kappa shape index (κ1) is 20.2. The smallest absolute Gasteiger partial charge is 0.263 e. The zero-order valence-electron chi connectivity index (χ0n) is 16.7. The minimum absolute atomic E-state index is 0.0113. The molecule has 29 heavy (non-hydrogen) atoms. The van der Waals surface area contributed by atoms with Gasteiger partial charge < -0.3 is 5.73 Å². The molecular weight excluding hydrogens is 402 g/mol. The molecule has 0 radical (unpaired) electrons. The van der Waals surface area contributed by atoms with Gasteiger partial charge >= 0.3 is 0 Å². The van der Waals surface area contributed by atoms with Crippen molar-refractivity contribution in [3.8, 4) is 0 Å². The lowest BCUT2D eigenvalue weighted by atomic mass is 9.89. The molecule has 1 amide bonds. The van der Waals surface area contributed by atoms with E-state index in [-0.39, 0.29) is 5.56 Å². The summed E-state index contributed by atoms with van der Waals surface area (Å²) in [4.78, 5) is 32.1. The Kier molecular flexibility index (Phi) is 5.79. The Morgan fingerprint density at radius 1 is 1.38 bits per heavy atom. The number of nitrogens with zero attached hydrogens (tertiary/aromatic N) is 2. The maximum absolute atomic E-state index is 13.5. The molecule has 0 aliphatic heterocycles. The van der Waals surface area contributed by atoms with Crippen LogP contribution in [-0.4, -0.2) is 20.7 Å². The molecule has 152 valence electrons. The van der Waals surface area contributed by atoms with E-state index in [1.807, 2.05) is 18.2 Å². The van der Waals surface area contributed by atoms with E-state index in [4.69, 9.17) is 10.7 Å². The second-order valence-electron chi connectivity index (χ2n) is 7.78. The summed E-state index contributed by atoms with van der Waals surface area (Å²) in [6.45, 7) is 4.54. The maximum atomic E-state index is 13.5. The largest absolute Gasteiger partial charge is 0.369 e. The van der Waals surface area contributed by atoms with Crippen molar-refractivity contribution < 1.29 is 4.79 Å². The Morgan fingerprint density at radius 3 is 2.86 bits per heavy atom. The highest BCUT2D eigenvalue weighted by Crippen LogP contribution is 2.36. The number of fused-ring (bicyclic) bond motifs is 3. The molecule has 0 fully saturated rings. The monoisotopic (exact) mass is 427 g/mol. The summed E-state index contributed by atoms with van der Waals surface area (Å²) < 4.78 is 1.74. The summed E-state index contributed by atoms with van der Waals surface area (Å²) in [7, 11) is 0. The zero-order chi connectivity index (χ0) is 20.5. The summed E-state index contributed by atoms with van der Waals surface area (Å²) in [5.74, 6) is 0.234. The van der Waals surface area contributed by atoms with Gasteiger partial charge in [0.05, 0.1) is 10.6 Å². The Labute approximate surface area is 178 Å². The van der Waals surface area contributed by atoms with Crippen LogP contribution in [-0.2, 0) is 30.6 Å². The third kappa shape index (κ3) is 4.12. The SMILES string of the molecule is C[C@H]1CCc2c(sc3nc(S[C@H](C)C(N)=O)n(CCc4ccccc4)c(=O)c23)C1. The Hall–Kier alpha value is -2.12. The van der Waals surface area contributed by atoms with Gasteiger partial charge in [-0.05, 0) is 49.7 Å². The van der Waals surface area contributed by atoms with Gasteiger partial charge in [-0.1, -0.05) is 49.0 Å². The van der Waals surface area contributed by atoms with E-state index in [1.165, 1.54) is 27.8 Å². The highest BCUT2D eigenvalue weighted by atomic mass is 32.2. The predicted molar refractivity (Wildman–Crippen MR) is 120 cm³/mol. The molecule has 2 heterocycles. The highest BCUT2D eigenvalue weighted by Gasteiger charge is 2.25. The molecule has 0 saturated heterocycles. The van der Waals surface area contributed by atoms with Crippen LogP contribution in [0.3, 0.4) is 0 Å². The molecular formula is C22H25N3O2S2. The second kappa shape index (κ2) is 8.32. The number of carbonyl (C=O) groups excluding carboxylic acids is 1. The molecule has 3 aromatic rings. The summed E-state index contributed by atoms with van der Waals surface area (Å²) in [5, 5.41) is 0.911. The van der Waals surface area contributed by atoms with Crippen molar-refractivity contribution >= 4 is 39.2 Å². The molecule has 4 rings (SSSR count). The molecule has 1 aliphatic rings. The molecule has 0 bridgehead atoms. The minimum Gasteiger partial charge on any atom is -0.369 e. The van der Waals surface area contributed by atoms with Crippen LogP contribution in [0.25, 0.3) is 10.2 Å². The van der Waals surface area contributed by atoms with E-state index in [0.29, 0.717) is 17.6 Å². The van der Waals surface area contributed by atoms with E-state index in [9.17, 15) is 9.59 Å². The topological polar surface area (TPSA) is 78.0 Å². The van der Waals surface area contributed by atoms with E-state index in [1.54, 1.807) is 22.8 Å². The van der Waals surface area contributed by atoms with E-state index in [0.717, 1.165) is 35.9 Å². The van der Waals surface area contributed by atoms with Crippen LogP contribution in [0.4, 0.5) is 0 Å². The maximum Gasteiger partial charge on any atom is 0.263 e. The molecule has 0 unspecified atom stereocenters. The van der Waals surface area contributed by atoms with Crippen molar-refractivity contribution in [3.05, 3.63) is 56.7 Å². The number of nitrogens with two attached hydrogens (primary N) is 1. The molecule has 7 heteroatoms. The lowest BCUT2D eigenvalue weighted by Gasteiger charge is -2.18. The Balaban J connectivity index is 1.79. The number of rotatable bonds is 6. The van der Waals surface area contributed by atoms with Gasteiger partial charge in [0, 0.05) is 11.4 Å². The first-order chi connectivity index (χ1) is 13.9. The number of primary amides is 1. The van der Waals surface area contributed by atoms with Crippen LogP contribution in [0.1, 0.15) is 36.3 Å². The number of hydrogen-bond acceptors (Lipinski definition) is 5. The standard InChI is InChI=1S/C22H25N3O2S2/c1-13-8-9-16-17(12-13)29-20-18(16)21(27)25(11-10-15-6-4-3-5-7-15)22(24-20)28-14(2)19(23)26/h3-7,13-14H,8-12H2,1-2H3,(H2,23,26)/t13-,14+/m0/s1. The number of hydrogen-bond donors (Lipinski definition) is 1. The van der Waals surface area contributed by atoms with Crippen molar-refractivity contribution in [2.45, 2.75) is 56.5 Å². The first-order valence-electron chi connectivity index (χ1n) is 9.99. The first-order valence-corrected chi connectivity index (χ1v) is 11.7. The fraction of sp³-hybridized carbons (Fsp3) is 0.409. The Morgan fingerprint density at radius 2 is 2.14 bits per heavy atom. The van der Waals surface area contributed by atoms with Gasteiger partial charge in [0.25, 0.3) is 5.56 Å². The lowest BCUT2D eigenvalue weighted by Crippen LogP contribution is -2.28. The van der Waals surface area contributed by atoms with Gasteiger partial charge in [-0.3, -0.25) is 14.2 Å². The van der Waals surface area contributed by atoms with Crippen LogP contribution in [0.15, 0.2) is 40.3 Å². The van der Waals surface area contributed by atoms with Crippen LogP contribution in [0.5, 0.6) is 0 Å². The predicted octanol–water partition coefficient (Wildman–Crippen LogP) is 3.79. The third-order valence-corrected chi connectivity index (χ3v) is 7.79. The number of aryl methyl sites for hydroxylation is 2. The molecule has 2 N–H and O–H groups in total. The average molecular weight is 428 g/mol. The average Bonchev–Trinajstić information content (AvgIpc) is 3.05. The summed E-state index contributed by atoms with van der Waals surface area (Å²) in [5.41, 5.74) is 7.84. The third-order valence-electron chi connectivity index (χ3n) is 5.53. The molecule has 2 atom stereocenters. The number of thioether (sulfide) groups is 1.